The fraction of sp³-hybridized carbons (Fsp3) is 0.174. The molecule has 6 nitrogen and oxygen atoms in total. The zero-order valence-electron chi connectivity index (χ0n) is 16.7. The maximum Gasteiger partial charge on any atom is 0.260 e. The molecule has 0 aliphatic carbocycles. The number of hydrogen-bond acceptors (Lipinski definition) is 6. The molecule has 4 aromatic rings. The first-order valence-corrected chi connectivity index (χ1v) is 11.0. The van der Waals surface area contributed by atoms with Gasteiger partial charge in [0, 0.05) is 11.8 Å². The van der Waals surface area contributed by atoms with E-state index in [2.05, 4.69) is 4.98 Å². The summed E-state index contributed by atoms with van der Waals surface area (Å²) < 4.78 is 12.1. The van der Waals surface area contributed by atoms with E-state index in [-0.39, 0.29) is 12.5 Å². The molecule has 0 radical (unpaired) electrons. The number of ether oxygens (including phenoxy) is 2. The average Bonchev–Trinajstić information content (AvgIpc) is 3.26. The fourth-order valence-corrected chi connectivity index (χ4v) is 4.73. The van der Waals surface area contributed by atoms with Crippen LogP contribution in [0, 0.1) is 6.92 Å². The van der Waals surface area contributed by atoms with Gasteiger partial charge in [-0.15, -0.1) is 0 Å². The van der Waals surface area contributed by atoms with Crippen LogP contribution in [0.2, 0.25) is 5.02 Å². The van der Waals surface area contributed by atoms with Gasteiger partial charge < -0.3 is 9.47 Å². The number of carbonyl (C=O) groups is 1. The van der Waals surface area contributed by atoms with Crippen molar-refractivity contribution in [2.24, 2.45) is 0 Å². The summed E-state index contributed by atoms with van der Waals surface area (Å²) in [6.45, 7) is 3.22. The first-order chi connectivity index (χ1) is 15.1. The van der Waals surface area contributed by atoms with Crippen LogP contribution in [-0.4, -0.2) is 29.1 Å². The van der Waals surface area contributed by atoms with Crippen molar-refractivity contribution < 1.29 is 14.3 Å². The van der Waals surface area contributed by atoms with Gasteiger partial charge in [0.2, 0.25) is 0 Å². The quantitative estimate of drug-likeness (QED) is 0.423. The van der Waals surface area contributed by atoms with Gasteiger partial charge in [-0.25, -0.2) is 4.98 Å². The maximum absolute atomic E-state index is 13.6. The van der Waals surface area contributed by atoms with E-state index in [1.54, 1.807) is 29.3 Å². The van der Waals surface area contributed by atoms with Gasteiger partial charge in [0.05, 0.1) is 27.5 Å². The van der Waals surface area contributed by atoms with Crippen molar-refractivity contribution in [1.82, 2.24) is 9.97 Å². The first-order valence-electron chi connectivity index (χ1n) is 9.77. The molecule has 0 bridgehead atoms. The Kier molecular flexibility index (Phi) is 5.21. The molecule has 0 saturated heterocycles. The highest BCUT2D eigenvalue weighted by atomic mass is 35.5. The predicted octanol–water partition coefficient (Wildman–Crippen LogP) is 5.27. The molecule has 3 heterocycles. The third-order valence-corrected chi connectivity index (χ3v) is 6.54. The molecule has 0 spiro atoms. The highest BCUT2D eigenvalue weighted by Crippen LogP contribution is 2.37. The van der Waals surface area contributed by atoms with Gasteiger partial charge in [-0.05, 0) is 48.9 Å². The molecule has 5 rings (SSSR count). The van der Waals surface area contributed by atoms with Gasteiger partial charge in [0.15, 0.2) is 16.6 Å². The van der Waals surface area contributed by atoms with E-state index in [1.807, 2.05) is 37.3 Å². The number of carbonyl (C=O) groups excluding carboxylic acids is 1. The van der Waals surface area contributed by atoms with Crippen LogP contribution in [-0.2, 0) is 6.54 Å². The van der Waals surface area contributed by atoms with E-state index in [0.29, 0.717) is 40.4 Å². The number of hydrogen-bond donors (Lipinski definition) is 0. The molecule has 8 heteroatoms. The third kappa shape index (κ3) is 3.82. The Hall–Kier alpha value is -3.16. The van der Waals surface area contributed by atoms with Crippen molar-refractivity contribution in [1.29, 1.82) is 0 Å². The topological polar surface area (TPSA) is 64.6 Å². The van der Waals surface area contributed by atoms with E-state index < -0.39 is 0 Å². The van der Waals surface area contributed by atoms with Crippen molar-refractivity contribution in [2.45, 2.75) is 13.5 Å². The van der Waals surface area contributed by atoms with Crippen LogP contribution in [0.15, 0.2) is 54.7 Å². The molecule has 156 valence electrons. The third-order valence-electron chi connectivity index (χ3n) is 5.00. The van der Waals surface area contributed by atoms with E-state index in [4.69, 9.17) is 26.1 Å². The zero-order chi connectivity index (χ0) is 21.4. The number of fused-ring (bicyclic) bond motifs is 2. The standard InChI is InChI=1S/C23H18ClN3O3S/c1-14-5-7-17(24)21-20(14)26-23(31-21)27(13-16-4-2-3-9-25-16)22(28)15-6-8-18-19(12-15)30-11-10-29-18/h2-9,12H,10-11,13H2,1H3. The lowest BCUT2D eigenvalue weighted by Crippen LogP contribution is -2.31. The average molecular weight is 452 g/mol. The summed E-state index contributed by atoms with van der Waals surface area (Å²) in [5, 5.41) is 1.19. The molecule has 0 unspecified atom stereocenters. The van der Waals surface area contributed by atoms with Gasteiger partial charge in [-0.2, -0.15) is 0 Å². The SMILES string of the molecule is Cc1ccc(Cl)c2sc(N(Cc3ccccn3)C(=O)c3ccc4c(c3)OCCO4)nc12. The van der Waals surface area contributed by atoms with Crippen LogP contribution < -0.4 is 14.4 Å². The highest BCUT2D eigenvalue weighted by Gasteiger charge is 2.25. The lowest BCUT2D eigenvalue weighted by Gasteiger charge is -2.22. The molecular weight excluding hydrogens is 434 g/mol. The summed E-state index contributed by atoms with van der Waals surface area (Å²) in [5.74, 6) is 1.01. The van der Waals surface area contributed by atoms with Crippen molar-refractivity contribution in [3.63, 3.8) is 0 Å². The van der Waals surface area contributed by atoms with Gasteiger partial charge in [0.1, 0.15) is 13.2 Å². The summed E-state index contributed by atoms with van der Waals surface area (Å²) in [5.41, 5.74) is 3.05. The van der Waals surface area contributed by atoms with Gasteiger partial charge >= 0.3 is 0 Å². The Morgan fingerprint density at radius 1 is 1.13 bits per heavy atom. The van der Waals surface area contributed by atoms with Crippen LogP contribution in [0.1, 0.15) is 21.6 Å². The number of anilines is 1. The minimum Gasteiger partial charge on any atom is -0.486 e. The predicted molar refractivity (Wildman–Crippen MR) is 122 cm³/mol. The van der Waals surface area contributed by atoms with E-state index >= 15 is 0 Å². The van der Waals surface area contributed by atoms with Crippen molar-refractivity contribution in [2.75, 3.05) is 18.1 Å². The van der Waals surface area contributed by atoms with Crippen molar-refractivity contribution in [3.05, 3.63) is 76.6 Å². The number of rotatable bonds is 4. The van der Waals surface area contributed by atoms with Gasteiger partial charge in [-0.3, -0.25) is 14.7 Å². The van der Waals surface area contributed by atoms with Crippen molar-refractivity contribution in [3.8, 4) is 11.5 Å². The molecule has 0 N–H and O–H groups in total. The normalized spacial score (nSPS) is 12.7. The highest BCUT2D eigenvalue weighted by molar-refractivity contribution is 7.23. The molecule has 2 aromatic carbocycles. The van der Waals surface area contributed by atoms with E-state index in [1.165, 1.54) is 11.3 Å². The van der Waals surface area contributed by atoms with Crippen LogP contribution in [0.3, 0.4) is 0 Å². The second-order valence-electron chi connectivity index (χ2n) is 7.11. The lowest BCUT2D eigenvalue weighted by molar-refractivity contribution is 0.0983. The van der Waals surface area contributed by atoms with Crippen molar-refractivity contribution >= 4 is 44.2 Å². The number of aryl methyl sites for hydroxylation is 1. The molecule has 0 saturated carbocycles. The van der Waals surface area contributed by atoms with Crippen LogP contribution in [0.5, 0.6) is 11.5 Å². The van der Waals surface area contributed by atoms with E-state index in [9.17, 15) is 4.79 Å². The molecule has 1 aliphatic rings. The minimum atomic E-state index is -0.199. The smallest absolute Gasteiger partial charge is 0.260 e. The van der Waals surface area contributed by atoms with Gasteiger partial charge in [0.25, 0.3) is 5.91 Å². The molecule has 31 heavy (non-hydrogen) atoms. The Balaban J connectivity index is 1.58. The molecular formula is C23H18ClN3O3S. The number of thiazole rings is 1. The Labute approximate surface area is 188 Å². The number of amides is 1. The second kappa shape index (κ2) is 8.17. The monoisotopic (exact) mass is 451 g/mol. The number of pyridine rings is 1. The fourth-order valence-electron chi connectivity index (χ4n) is 3.42. The maximum atomic E-state index is 13.6. The molecule has 0 atom stereocenters. The summed E-state index contributed by atoms with van der Waals surface area (Å²) in [7, 11) is 0. The molecule has 1 aliphatic heterocycles. The van der Waals surface area contributed by atoms with Crippen LogP contribution >= 0.6 is 22.9 Å². The Morgan fingerprint density at radius 2 is 1.97 bits per heavy atom. The van der Waals surface area contributed by atoms with Crippen LogP contribution in [0.25, 0.3) is 10.2 Å². The van der Waals surface area contributed by atoms with E-state index in [0.717, 1.165) is 21.5 Å². The minimum absolute atomic E-state index is 0.199. The Morgan fingerprint density at radius 3 is 2.74 bits per heavy atom. The number of benzene rings is 2. The number of halogens is 1. The van der Waals surface area contributed by atoms with Gasteiger partial charge in [-0.1, -0.05) is 35.1 Å². The molecule has 0 fully saturated rings. The number of aromatic nitrogens is 2. The largest absolute Gasteiger partial charge is 0.486 e. The summed E-state index contributed by atoms with van der Waals surface area (Å²) >= 11 is 7.80. The molecule has 2 aromatic heterocycles. The lowest BCUT2D eigenvalue weighted by atomic mass is 10.1. The zero-order valence-corrected chi connectivity index (χ0v) is 18.2. The molecule has 1 amide bonds. The number of nitrogens with zero attached hydrogens (tertiary/aromatic N) is 3. The van der Waals surface area contributed by atoms with Crippen LogP contribution in [0.4, 0.5) is 5.13 Å². The first kappa shape index (κ1) is 19.8. The summed E-state index contributed by atoms with van der Waals surface area (Å²) in [4.78, 5) is 24.4. The second-order valence-corrected chi connectivity index (χ2v) is 8.49. The summed E-state index contributed by atoms with van der Waals surface area (Å²) in [6.07, 6.45) is 1.71. The summed E-state index contributed by atoms with van der Waals surface area (Å²) in [6, 6.07) is 14.6. The Bertz CT molecular complexity index is 1240.